The highest BCUT2D eigenvalue weighted by atomic mass is 16.5. The Kier molecular flexibility index (Phi) is 6.10. The fourth-order valence-electron chi connectivity index (χ4n) is 1.97. The molecule has 0 radical (unpaired) electrons. The van der Waals surface area contributed by atoms with E-state index in [1.54, 1.807) is 27.8 Å². The fraction of sp³-hybridized carbons (Fsp3) is 0.769. The van der Waals surface area contributed by atoms with Gasteiger partial charge in [-0.1, -0.05) is 13.8 Å². The van der Waals surface area contributed by atoms with E-state index in [0.717, 1.165) is 4.90 Å². The molecule has 1 heterocycles. The lowest BCUT2D eigenvalue weighted by molar-refractivity contribution is -0.149. The van der Waals surface area contributed by atoms with Crippen molar-refractivity contribution >= 4 is 17.8 Å². The summed E-state index contributed by atoms with van der Waals surface area (Å²) in [5, 5.41) is 14.5. The third-order valence-corrected chi connectivity index (χ3v) is 3.51. The highest BCUT2D eigenvalue weighted by molar-refractivity contribution is 5.92. The summed E-state index contributed by atoms with van der Waals surface area (Å²) in [6.07, 6.45) is 0. The van der Waals surface area contributed by atoms with Crippen LogP contribution in [0.2, 0.25) is 0 Å². The molecule has 3 N–H and O–H groups in total. The first-order valence-electron chi connectivity index (χ1n) is 6.88. The van der Waals surface area contributed by atoms with Crippen LogP contribution in [0.25, 0.3) is 0 Å². The first-order valence-corrected chi connectivity index (χ1v) is 6.88. The molecule has 1 aliphatic heterocycles. The number of carboxylic acids is 1. The van der Waals surface area contributed by atoms with Crippen molar-refractivity contribution < 1.29 is 24.2 Å². The quantitative estimate of drug-likeness (QED) is 0.581. The van der Waals surface area contributed by atoms with Gasteiger partial charge < -0.3 is 25.4 Å². The average Bonchev–Trinajstić information content (AvgIpc) is 2.91. The van der Waals surface area contributed by atoms with Crippen molar-refractivity contribution in [1.82, 2.24) is 15.5 Å². The van der Waals surface area contributed by atoms with Crippen LogP contribution >= 0.6 is 0 Å². The maximum atomic E-state index is 12.5. The number of rotatable bonds is 6. The van der Waals surface area contributed by atoms with Gasteiger partial charge in [0.05, 0.1) is 12.6 Å². The Balaban J connectivity index is 2.83. The van der Waals surface area contributed by atoms with Gasteiger partial charge in [0, 0.05) is 0 Å². The summed E-state index contributed by atoms with van der Waals surface area (Å²) in [5.41, 5.74) is 0. The SMILES string of the molecule is CNC(C)C(=O)NC(C(=O)N1COCC1C(=O)O)C(C)C. The molecule has 3 unspecified atom stereocenters. The van der Waals surface area contributed by atoms with E-state index >= 15 is 0 Å². The molecule has 8 heteroatoms. The number of ether oxygens (including phenoxy) is 1. The van der Waals surface area contributed by atoms with Crippen molar-refractivity contribution in [3.8, 4) is 0 Å². The van der Waals surface area contributed by atoms with Crippen LogP contribution in [0, 0.1) is 5.92 Å². The number of hydrogen-bond acceptors (Lipinski definition) is 5. The van der Waals surface area contributed by atoms with Crippen LogP contribution in [0.15, 0.2) is 0 Å². The largest absolute Gasteiger partial charge is 0.480 e. The molecular formula is C13H23N3O5. The zero-order valence-corrected chi connectivity index (χ0v) is 12.8. The molecule has 1 aliphatic rings. The molecular weight excluding hydrogens is 278 g/mol. The summed E-state index contributed by atoms with van der Waals surface area (Å²) in [6.45, 7) is 5.15. The molecule has 1 saturated heterocycles. The minimum atomic E-state index is -1.11. The standard InChI is InChI=1S/C13H23N3O5/c1-7(2)10(15-11(17)8(3)14-4)12(18)16-6-21-5-9(16)13(19)20/h7-10,14H,5-6H2,1-4H3,(H,15,17)(H,19,20). The lowest BCUT2D eigenvalue weighted by atomic mass is 10.0. The van der Waals surface area contributed by atoms with Crippen LogP contribution in [-0.2, 0) is 19.1 Å². The van der Waals surface area contributed by atoms with Gasteiger partial charge in [0.15, 0.2) is 6.04 Å². The van der Waals surface area contributed by atoms with Gasteiger partial charge in [-0.25, -0.2) is 4.79 Å². The highest BCUT2D eigenvalue weighted by Gasteiger charge is 2.39. The van der Waals surface area contributed by atoms with E-state index in [1.165, 1.54) is 0 Å². The van der Waals surface area contributed by atoms with Gasteiger partial charge >= 0.3 is 5.97 Å². The molecule has 1 fully saturated rings. The van der Waals surface area contributed by atoms with Crippen LogP contribution in [-0.4, -0.2) is 66.3 Å². The van der Waals surface area contributed by atoms with Crippen LogP contribution in [0.4, 0.5) is 0 Å². The summed E-state index contributed by atoms with van der Waals surface area (Å²) in [7, 11) is 1.64. The van der Waals surface area contributed by atoms with E-state index in [9.17, 15) is 14.4 Å². The van der Waals surface area contributed by atoms with Gasteiger partial charge in [0.2, 0.25) is 11.8 Å². The lowest BCUT2D eigenvalue weighted by Crippen LogP contribution is -2.56. The van der Waals surface area contributed by atoms with Crippen molar-refractivity contribution in [2.45, 2.75) is 38.9 Å². The number of aliphatic carboxylic acids is 1. The van der Waals surface area contributed by atoms with E-state index in [2.05, 4.69) is 10.6 Å². The molecule has 0 bridgehead atoms. The zero-order valence-electron chi connectivity index (χ0n) is 12.8. The average molecular weight is 301 g/mol. The number of amides is 2. The Hall–Kier alpha value is -1.67. The topological polar surface area (TPSA) is 108 Å². The third-order valence-electron chi connectivity index (χ3n) is 3.51. The fourth-order valence-corrected chi connectivity index (χ4v) is 1.97. The van der Waals surface area contributed by atoms with Gasteiger partial charge in [0.25, 0.3) is 0 Å². The highest BCUT2D eigenvalue weighted by Crippen LogP contribution is 2.15. The van der Waals surface area contributed by atoms with Crippen LogP contribution < -0.4 is 10.6 Å². The first kappa shape index (κ1) is 17.4. The molecule has 21 heavy (non-hydrogen) atoms. The Morgan fingerprint density at radius 2 is 1.90 bits per heavy atom. The number of nitrogens with one attached hydrogen (secondary N) is 2. The molecule has 0 aromatic heterocycles. The zero-order chi connectivity index (χ0) is 16.2. The number of carbonyl (C=O) groups is 3. The second kappa shape index (κ2) is 7.37. The number of carboxylic acid groups (broad SMARTS) is 1. The molecule has 0 aliphatic carbocycles. The van der Waals surface area contributed by atoms with Crippen LogP contribution in [0.3, 0.4) is 0 Å². The Morgan fingerprint density at radius 1 is 1.29 bits per heavy atom. The van der Waals surface area contributed by atoms with E-state index in [-0.39, 0.29) is 25.2 Å². The predicted molar refractivity (Wildman–Crippen MR) is 74.4 cm³/mol. The third kappa shape index (κ3) is 4.15. The number of likely N-dealkylation sites (N-methyl/N-ethyl adjacent to an activating group) is 1. The molecule has 1 rings (SSSR count). The minimum absolute atomic E-state index is 0.0350. The predicted octanol–water partition coefficient (Wildman–Crippen LogP) is -0.995. The van der Waals surface area contributed by atoms with E-state index in [4.69, 9.17) is 9.84 Å². The summed E-state index contributed by atoms with van der Waals surface area (Å²) in [4.78, 5) is 36.7. The number of nitrogens with zero attached hydrogens (tertiary/aromatic N) is 1. The normalized spacial score (nSPS) is 21.2. The maximum absolute atomic E-state index is 12.5. The van der Waals surface area contributed by atoms with Gasteiger partial charge in [-0.3, -0.25) is 9.59 Å². The van der Waals surface area contributed by atoms with E-state index < -0.39 is 30.0 Å². The minimum Gasteiger partial charge on any atom is -0.480 e. The Morgan fingerprint density at radius 3 is 2.38 bits per heavy atom. The monoisotopic (exact) mass is 301 g/mol. The molecule has 0 spiro atoms. The van der Waals surface area contributed by atoms with Crippen molar-refractivity contribution in [3.63, 3.8) is 0 Å². The van der Waals surface area contributed by atoms with E-state index in [0.29, 0.717) is 0 Å². The second-order valence-corrected chi connectivity index (χ2v) is 5.40. The van der Waals surface area contributed by atoms with Gasteiger partial charge in [-0.2, -0.15) is 0 Å². The smallest absolute Gasteiger partial charge is 0.328 e. The van der Waals surface area contributed by atoms with Crippen molar-refractivity contribution in [3.05, 3.63) is 0 Å². The Labute approximate surface area is 123 Å². The van der Waals surface area contributed by atoms with Crippen molar-refractivity contribution in [2.75, 3.05) is 20.4 Å². The van der Waals surface area contributed by atoms with Crippen LogP contribution in [0.5, 0.6) is 0 Å². The molecule has 3 atom stereocenters. The number of carbonyl (C=O) groups excluding carboxylic acids is 2. The molecule has 120 valence electrons. The summed E-state index contributed by atoms with van der Waals surface area (Å²) in [5.74, 6) is -2.03. The molecule has 0 saturated carbocycles. The Bertz CT molecular complexity index is 413. The van der Waals surface area contributed by atoms with E-state index in [1.807, 2.05) is 0 Å². The molecule has 0 aromatic carbocycles. The maximum Gasteiger partial charge on any atom is 0.328 e. The van der Waals surface area contributed by atoms with Gasteiger partial charge in [-0.05, 0) is 19.9 Å². The summed E-state index contributed by atoms with van der Waals surface area (Å²) < 4.78 is 5.05. The summed E-state index contributed by atoms with van der Waals surface area (Å²) >= 11 is 0. The molecule has 2 amide bonds. The molecule has 0 aromatic rings. The van der Waals surface area contributed by atoms with Crippen molar-refractivity contribution in [2.24, 2.45) is 5.92 Å². The lowest BCUT2D eigenvalue weighted by Gasteiger charge is -2.28. The second-order valence-electron chi connectivity index (χ2n) is 5.40. The van der Waals surface area contributed by atoms with Crippen molar-refractivity contribution in [1.29, 1.82) is 0 Å². The summed E-state index contributed by atoms with van der Waals surface area (Å²) in [6, 6.07) is -2.22. The number of hydrogen-bond donors (Lipinski definition) is 3. The van der Waals surface area contributed by atoms with Gasteiger partial charge in [-0.15, -0.1) is 0 Å². The van der Waals surface area contributed by atoms with Gasteiger partial charge in [0.1, 0.15) is 12.8 Å². The molecule has 8 nitrogen and oxygen atoms in total. The van der Waals surface area contributed by atoms with Crippen LogP contribution in [0.1, 0.15) is 20.8 Å². The first-order chi connectivity index (χ1) is 9.79.